The van der Waals surface area contributed by atoms with Crippen molar-refractivity contribution in [3.63, 3.8) is 0 Å². The number of halogens is 7. The number of nitrogens with zero attached hydrogens (tertiary/aromatic N) is 5. The number of aromatic nitrogens is 5. The third-order valence-corrected chi connectivity index (χ3v) is 5.00. The predicted molar refractivity (Wildman–Crippen MR) is 108 cm³/mol. The number of ether oxygens (including phenoxy) is 1. The molecule has 0 fully saturated rings. The highest BCUT2D eigenvalue weighted by molar-refractivity contribution is 9.10. The van der Waals surface area contributed by atoms with Crippen LogP contribution in [0, 0.1) is 6.92 Å². The predicted octanol–water partition coefficient (Wildman–Crippen LogP) is 6.11. The molecule has 13 heteroatoms. The van der Waals surface area contributed by atoms with Crippen LogP contribution in [0.4, 0.5) is 26.3 Å². The third kappa shape index (κ3) is 4.87. The Kier molecular flexibility index (Phi) is 5.68. The molecule has 0 saturated carbocycles. The Balaban J connectivity index is 1.80. The van der Waals surface area contributed by atoms with E-state index in [1.165, 1.54) is 29.9 Å². The molecule has 0 spiro atoms. The summed E-state index contributed by atoms with van der Waals surface area (Å²) in [6.07, 6.45) is -8.07. The summed E-state index contributed by atoms with van der Waals surface area (Å²) >= 11 is 3.33. The Morgan fingerprint density at radius 1 is 0.879 bits per heavy atom. The van der Waals surface area contributed by atoms with Crippen molar-refractivity contribution in [2.75, 3.05) is 0 Å². The Bertz CT molecular complexity index is 1290. The van der Waals surface area contributed by atoms with Gasteiger partial charge in [-0.2, -0.15) is 18.3 Å². The Morgan fingerprint density at radius 2 is 1.58 bits per heavy atom. The molecule has 2 heterocycles. The Labute approximate surface area is 190 Å². The first-order valence-electron chi connectivity index (χ1n) is 9.13. The minimum atomic E-state index is -4.83. The van der Waals surface area contributed by atoms with E-state index in [2.05, 4.69) is 36.1 Å². The maximum atomic E-state index is 13.2. The van der Waals surface area contributed by atoms with E-state index in [-0.39, 0.29) is 11.4 Å². The lowest BCUT2D eigenvalue weighted by atomic mass is 10.1. The third-order valence-electron chi connectivity index (χ3n) is 4.50. The largest absolute Gasteiger partial charge is 0.573 e. The van der Waals surface area contributed by atoms with Crippen LogP contribution in [-0.2, 0) is 6.18 Å². The van der Waals surface area contributed by atoms with Gasteiger partial charge >= 0.3 is 12.5 Å². The van der Waals surface area contributed by atoms with Gasteiger partial charge in [0.15, 0.2) is 5.69 Å². The van der Waals surface area contributed by atoms with Crippen molar-refractivity contribution >= 4 is 15.9 Å². The zero-order valence-corrected chi connectivity index (χ0v) is 18.1. The fraction of sp³-hybridized carbons (Fsp3) is 0.150. The minimum Gasteiger partial charge on any atom is -0.406 e. The van der Waals surface area contributed by atoms with E-state index in [9.17, 15) is 26.3 Å². The highest BCUT2D eigenvalue weighted by Gasteiger charge is 2.35. The molecule has 4 aromatic rings. The quantitative estimate of drug-likeness (QED) is 0.298. The SMILES string of the molecule is Cc1cc(C(F)(F)F)nn1-c1ccc(Br)cc1-n1nncc1-c1ccc(OC(F)(F)F)cc1. The summed E-state index contributed by atoms with van der Waals surface area (Å²) in [5, 5.41) is 11.6. The molecular formula is C20H12BrF6N5O. The lowest BCUT2D eigenvalue weighted by Crippen LogP contribution is -2.17. The van der Waals surface area contributed by atoms with Gasteiger partial charge in [-0.1, -0.05) is 21.1 Å². The van der Waals surface area contributed by atoms with Crippen molar-refractivity contribution in [2.24, 2.45) is 0 Å². The zero-order valence-electron chi connectivity index (χ0n) is 16.5. The van der Waals surface area contributed by atoms with E-state index in [1.54, 1.807) is 18.2 Å². The summed E-state index contributed by atoms with van der Waals surface area (Å²) < 4.78 is 83.7. The Morgan fingerprint density at radius 3 is 2.18 bits per heavy atom. The summed E-state index contributed by atoms with van der Waals surface area (Å²) in [6, 6.07) is 10.8. The summed E-state index contributed by atoms with van der Waals surface area (Å²) in [4.78, 5) is 0. The van der Waals surface area contributed by atoms with Crippen molar-refractivity contribution < 1.29 is 31.1 Å². The van der Waals surface area contributed by atoms with E-state index in [4.69, 9.17) is 0 Å². The second kappa shape index (κ2) is 8.21. The first-order chi connectivity index (χ1) is 15.4. The van der Waals surface area contributed by atoms with Crippen LogP contribution in [0.25, 0.3) is 22.6 Å². The van der Waals surface area contributed by atoms with Gasteiger partial charge in [-0.3, -0.25) is 0 Å². The van der Waals surface area contributed by atoms with Crippen LogP contribution in [0.5, 0.6) is 5.75 Å². The molecule has 0 aliphatic rings. The first kappa shape index (κ1) is 22.8. The van der Waals surface area contributed by atoms with Crippen LogP contribution >= 0.6 is 15.9 Å². The molecule has 4 rings (SSSR count). The molecule has 2 aromatic heterocycles. The number of hydrogen-bond donors (Lipinski definition) is 0. The van der Waals surface area contributed by atoms with Crippen LogP contribution in [0.3, 0.4) is 0 Å². The topological polar surface area (TPSA) is 57.8 Å². The number of alkyl halides is 6. The summed E-state index contributed by atoms with van der Waals surface area (Å²) in [5.41, 5.74) is 0.652. The van der Waals surface area contributed by atoms with E-state index >= 15 is 0 Å². The van der Waals surface area contributed by atoms with Gasteiger partial charge in [0.2, 0.25) is 0 Å². The van der Waals surface area contributed by atoms with Gasteiger partial charge in [0.25, 0.3) is 0 Å². The van der Waals surface area contributed by atoms with Crippen molar-refractivity contribution in [2.45, 2.75) is 19.5 Å². The molecular weight excluding hydrogens is 520 g/mol. The van der Waals surface area contributed by atoms with Crippen molar-refractivity contribution in [3.05, 3.63) is 70.6 Å². The molecule has 0 aliphatic carbocycles. The van der Waals surface area contributed by atoms with Crippen LogP contribution in [0.1, 0.15) is 11.4 Å². The van der Waals surface area contributed by atoms with E-state index in [1.807, 2.05) is 0 Å². The normalized spacial score (nSPS) is 12.2. The van der Waals surface area contributed by atoms with Gasteiger partial charge in [-0.15, -0.1) is 18.3 Å². The average molecular weight is 532 g/mol. The fourth-order valence-electron chi connectivity index (χ4n) is 3.14. The van der Waals surface area contributed by atoms with Gasteiger partial charge in [0, 0.05) is 15.7 Å². The molecule has 0 aliphatic heterocycles. The second-order valence-corrected chi connectivity index (χ2v) is 7.73. The highest BCUT2D eigenvalue weighted by atomic mass is 79.9. The van der Waals surface area contributed by atoms with Gasteiger partial charge in [-0.05, 0) is 55.5 Å². The minimum absolute atomic E-state index is 0.237. The molecule has 0 amide bonds. The number of aryl methyl sites for hydroxylation is 1. The van der Waals surface area contributed by atoms with Crippen LogP contribution < -0.4 is 4.74 Å². The van der Waals surface area contributed by atoms with Crippen LogP contribution in [0.15, 0.2) is 59.2 Å². The highest BCUT2D eigenvalue weighted by Crippen LogP contribution is 2.33. The monoisotopic (exact) mass is 531 g/mol. The smallest absolute Gasteiger partial charge is 0.406 e. The molecule has 0 saturated heterocycles. The van der Waals surface area contributed by atoms with Crippen LogP contribution in [-0.4, -0.2) is 31.1 Å². The summed E-state index contributed by atoms with van der Waals surface area (Å²) in [5.74, 6) is -0.403. The van der Waals surface area contributed by atoms with Gasteiger partial charge < -0.3 is 4.74 Å². The maximum Gasteiger partial charge on any atom is 0.573 e. The van der Waals surface area contributed by atoms with Crippen molar-refractivity contribution in [3.8, 4) is 28.4 Å². The lowest BCUT2D eigenvalue weighted by molar-refractivity contribution is -0.274. The Hall–Kier alpha value is -3.35. The van der Waals surface area contributed by atoms with E-state index in [0.717, 1.165) is 22.9 Å². The molecule has 0 N–H and O–H groups in total. The molecule has 2 aromatic carbocycles. The average Bonchev–Trinajstić information content (AvgIpc) is 3.34. The maximum absolute atomic E-state index is 13.2. The number of rotatable bonds is 4. The molecule has 0 bridgehead atoms. The number of hydrogen-bond acceptors (Lipinski definition) is 4. The second-order valence-electron chi connectivity index (χ2n) is 6.82. The van der Waals surface area contributed by atoms with Gasteiger partial charge in [0.1, 0.15) is 5.75 Å². The van der Waals surface area contributed by atoms with E-state index < -0.39 is 24.0 Å². The van der Waals surface area contributed by atoms with Gasteiger partial charge in [0.05, 0.1) is 23.3 Å². The fourth-order valence-corrected chi connectivity index (χ4v) is 3.49. The molecule has 0 radical (unpaired) electrons. The zero-order chi connectivity index (χ0) is 24.0. The van der Waals surface area contributed by atoms with Crippen LogP contribution in [0.2, 0.25) is 0 Å². The van der Waals surface area contributed by atoms with Crippen molar-refractivity contribution in [1.29, 1.82) is 0 Å². The summed E-state index contributed by atoms with van der Waals surface area (Å²) in [7, 11) is 0. The number of benzene rings is 2. The lowest BCUT2D eigenvalue weighted by Gasteiger charge is -2.14. The van der Waals surface area contributed by atoms with Gasteiger partial charge in [-0.25, -0.2) is 9.36 Å². The van der Waals surface area contributed by atoms with E-state index in [0.29, 0.717) is 21.4 Å². The summed E-state index contributed by atoms with van der Waals surface area (Å²) in [6.45, 7) is 1.48. The first-order valence-corrected chi connectivity index (χ1v) is 9.93. The molecule has 172 valence electrons. The molecule has 0 unspecified atom stereocenters. The van der Waals surface area contributed by atoms with Crippen molar-refractivity contribution in [1.82, 2.24) is 24.8 Å². The molecule has 33 heavy (non-hydrogen) atoms. The standard InChI is InChI=1S/C20H12BrF6N5O/c1-11-8-18(19(22,23)24)29-31(11)15-7-4-13(21)9-16(15)32-17(10-28-30-32)12-2-5-14(6-3-12)33-20(25,26)27/h2-10H,1H3. The molecule has 6 nitrogen and oxygen atoms in total. The molecule has 0 atom stereocenters.